The first kappa shape index (κ1) is 14.5. The Morgan fingerprint density at radius 3 is 2.63 bits per heavy atom. The van der Waals surface area contributed by atoms with Crippen LogP contribution in [0.3, 0.4) is 0 Å². The Kier molecular flexibility index (Phi) is 5.34. The normalized spacial score (nSPS) is 23.7. The van der Waals surface area contributed by atoms with Crippen LogP contribution in [0.5, 0.6) is 0 Å². The number of methoxy groups -OCH3 is 1. The molecule has 1 saturated carbocycles. The lowest BCUT2D eigenvalue weighted by molar-refractivity contribution is 0.189. The van der Waals surface area contributed by atoms with Crippen LogP contribution in [0.25, 0.3) is 0 Å². The van der Waals surface area contributed by atoms with E-state index in [2.05, 4.69) is 14.8 Å². The lowest BCUT2D eigenvalue weighted by Gasteiger charge is -2.27. The van der Waals surface area contributed by atoms with Crippen molar-refractivity contribution in [3.8, 4) is 0 Å². The summed E-state index contributed by atoms with van der Waals surface area (Å²) in [4.78, 5) is 0. The first-order valence-corrected chi connectivity index (χ1v) is 7.35. The van der Waals surface area contributed by atoms with Crippen molar-refractivity contribution in [3.63, 3.8) is 0 Å². The minimum atomic E-state index is 0.562. The summed E-state index contributed by atoms with van der Waals surface area (Å²) in [7, 11) is 1.74. The van der Waals surface area contributed by atoms with Gasteiger partial charge < -0.3 is 15.0 Å². The summed E-state index contributed by atoms with van der Waals surface area (Å²) in [5.41, 5.74) is 5.76. The highest BCUT2D eigenvalue weighted by Gasteiger charge is 2.25. The molecule has 1 heterocycles. The van der Waals surface area contributed by atoms with Gasteiger partial charge in [-0.1, -0.05) is 0 Å². The maximum absolute atomic E-state index is 5.76. The van der Waals surface area contributed by atoms with E-state index in [1.165, 1.54) is 31.5 Å². The summed E-state index contributed by atoms with van der Waals surface area (Å²) in [6, 6.07) is 0. The maximum Gasteiger partial charge on any atom is 0.136 e. The quantitative estimate of drug-likeness (QED) is 0.798. The molecule has 0 saturated heterocycles. The van der Waals surface area contributed by atoms with E-state index in [1.807, 2.05) is 6.92 Å². The highest BCUT2D eigenvalue weighted by Crippen LogP contribution is 2.34. The van der Waals surface area contributed by atoms with Crippen molar-refractivity contribution in [2.24, 2.45) is 11.7 Å². The third-order valence-electron chi connectivity index (χ3n) is 4.24. The fourth-order valence-electron chi connectivity index (χ4n) is 3.00. The molecule has 1 aliphatic rings. The topological polar surface area (TPSA) is 66.0 Å². The van der Waals surface area contributed by atoms with Gasteiger partial charge in [0, 0.05) is 26.2 Å². The first-order valence-electron chi connectivity index (χ1n) is 7.35. The van der Waals surface area contributed by atoms with Gasteiger partial charge in [0.1, 0.15) is 11.6 Å². The fraction of sp³-hybridized carbons (Fsp3) is 0.857. The summed E-state index contributed by atoms with van der Waals surface area (Å²) < 4.78 is 7.40. The summed E-state index contributed by atoms with van der Waals surface area (Å²) in [6.07, 6.45) is 5.87. The van der Waals surface area contributed by atoms with Gasteiger partial charge >= 0.3 is 0 Å². The van der Waals surface area contributed by atoms with Crippen molar-refractivity contribution in [3.05, 3.63) is 11.6 Å². The van der Waals surface area contributed by atoms with Crippen LogP contribution in [0.4, 0.5) is 0 Å². The van der Waals surface area contributed by atoms with Crippen LogP contribution in [-0.4, -0.2) is 35.0 Å². The summed E-state index contributed by atoms with van der Waals surface area (Å²) >= 11 is 0. The minimum Gasteiger partial charge on any atom is -0.385 e. The monoisotopic (exact) mass is 266 g/mol. The second-order valence-electron chi connectivity index (χ2n) is 5.56. The molecular formula is C14H26N4O. The number of aryl methyl sites for hydroxylation is 1. The van der Waals surface area contributed by atoms with Crippen LogP contribution in [0, 0.1) is 12.8 Å². The maximum atomic E-state index is 5.76. The van der Waals surface area contributed by atoms with Gasteiger partial charge in [-0.15, -0.1) is 10.2 Å². The predicted octanol–water partition coefficient (Wildman–Crippen LogP) is 1.86. The second kappa shape index (κ2) is 7.01. The van der Waals surface area contributed by atoms with Crippen LogP contribution < -0.4 is 5.73 Å². The summed E-state index contributed by atoms with van der Waals surface area (Å²) in [5, 5.41) is 8.67. The number of rotatable bonds is 6. The summed E-state index contributed by atoms with van der Waals surface area (Å²) in [6.45, 7) is 4.61. The Morgan fingerprint density at radius 1 is 1.26 bits per heavy atom. The van der Waals surface area contributed by atoms with Crippen LogP contribution in [0.1, 0.15) is 49.7 Å². The molecule has 19 heavy (non-hydrogen) atoms. The zero-order valence-corrected chi connectivity index (χ0v) is 12.1. The zero-order valence-electron chi connectivity index (χ0n) is 12.1. The molecular weight excluding hydrogens is 240 g/mol. The van der Waals surface area contributed by atoms with E-state index >= 15 is 0 Å². The molecule has 5 heteroatoms. The molecule has 0 aromatic carbocycles. The molecule has 1 aliphatic carbocycles. The highest BCUT2D eigenvalue weighted by molar-refractivity contribution is 5.03. The molecule has 0 aliphatic heterocycles. The third-order valence-corrected chi connectivity index (χ3v) is 4.24. The Hall–Kier alpha value is -0.940. The van der Waals surface area contributed by atoms with Crippen molar-refractivity contribution < 1.29 is 4.74 Å². The summed E-state index contributed by atoms with van der Waals surface area (Å²) in [5.74, 6) is 3.46. The molecule has 1 aromatic heterocycles. The molecule has 108 valence electrons. The van der Waals surface area contributed by atoms with Gasteiger partial charge in [-0.05, 0) is 51.5 Å². The molecule has 0 unspecified atom stereocenters. The van der Waals surface area contributed by atoms with Gasteiger partial charge in [0.2, 0.25) is 0 Å². The highest BCUT2D eigenvalue weighted by atomic mass is 16.5. The van der Waals surface area contributed by atoms with Gasteiger partial charge in [-0.2, -0.15) is 0 Å². The Labute approximate surface area is 115 Å². The molecule has 2 N–H and O–H groups in total. The number of nitrogens with zero attached hydrogens (tertiary/aromatic N) is 3. The van der Waals surface area contributed by atoms with E-state index in [1.54, 1.807) is 7.11 Å². The van der Waals surface area contributed by atoms with E-state index < -0.39 is 0 Å². The molecule has 0 amide bonds. The van der Waals surface area contributed by atoms with Crippen LogP contribution in [0.2, 0.25) is 0 Å². The molecule has 2 rings (SSSR count). The van der Waals surface area contributed by atoms with Crippen molar-refractivity contribution in [2.45, 2.75) is 51.5 Å². The smallest absolute Gasteiger partial charge is 0.136 e. The van der Waals surface area contributed by atoms with Gasteiger partial charge in [-0.25, -0.2) is 0 Å². The molecule has 0 spiro atoms. The predicted molar refractivity (Wildman–Crippen MR) is 75.0 cm³/mol. The van der Waals surface area contributed by atoms with Gasteiger partial charge in [0.25, 0.3) is 0 Å². The second-order valence-corrected chi connectivity index (χ2v) is 5.56. The number of ether oxygens (including phenoxy) is 1. The van der Waals surface area contributed by atoms with Crippen LogP contribution in [-0.2, 0) is 11.3 Å². The van der Waals surface area contributed by atoms with E-state index in [0.717, 1.165) is 31.9 Å². The van der Waals surface area contributed by atoms with Crippen molar-refractivity contribution in [2.75, 3.05) is 20.3 Å². The van der Waals surface area contributed by atoms with Gasteiger partial charge in [-0.3, -0.25) is 0 Å². The van der Waals surface area contributed by atoms with Crippen LogP contribution in [0.15, 0.2) is 0 Å². The first-order chi connectivity index (χ1) is 9.26. The minimum absolute atomic E-state index is 0.562. The number of hydrogen-bond acceptors (Lipinski definition) is 4. The molecule has 5 nitrogen and oxygen atoms in total. The fourth-order valence-corrected chi connectivity index (χ4v) is 3.00. The zero-order chi connectivity index (χ0) is 13.7. The average Bonchev–Trinajstić information content (AvgIpc) is 2.81. The van der Waals surface area contributed by atoms with E-state index in [9.17, 15) is 0 Å². The average molecular weight is 266 g/mol. The molecule has 0 radical (unpaired) electrons. The number of aromatic nitrogens is 3. The Balaban J connectivity index is 1.99. The molecule has 0 atom stereocenters. The van der Waals surface area contributed by atoms with Crippen molar-refractivity contribution in [1.82, 2.24) is 14.8 Å². The standard InChI is InChI=1S/C14H26N4O/c1-11-16-17-14(18(11)8-3-9-19-2)13-6-4-12(10-15)5-7-13/h12-13H,3-10,15H2,1-2H3. The number of nitrogens with two attached hydrogens (primary N) is 1. The SMILES string of the molecule is COCCCn1c(C)nnc1C1CCC(CN)CC1. The lowest BCUT2D eigenvalue weighted by atomic mass is 9.81. The lowest BCUT2D eigenvalue weighted by Crippen LogP contribution is -2.22. The van der Waals surface area contributed by atoms with Crippen LogP contribution >= 0.6 is 0 Å². The van der Waals surface area contributed by atoms with E-state index in [4.69, 9.17) is 10.5 Å². The van der Waals surface area contributed by atoms with Crippen molar-refractivity contribution >= 4 is 0 Å². The van der Waals surface area contributed by atoms with Gasteiger partial charge in [0.05, 0.1) is 0 Å². The Morgan fingerprint density at radius 2 is 2.00 bits per heavy atom. The molecule has 1 fully saturated rings. The van der Waals surface area contributed by atoms with E-state index in [-0.39, 0.29) is 0 Å². The third kappa shape index (κ3) is 3.54. The largest absolute Gasteiger partial charge is 0.385 e. The molecule has 0 bridgehead atoms. The van der Waals surface area contributed by atoms with E-state index in [0.29, 0.717) is 11.8 Å². The number of hydrogen-bond donors (Lipinski definition) is 1. The van der Waals surface area contributed by atoms with Crippen molar-refractivity contribution in [1.29, 1.82) is 0 Å². The molecule has 1 aromatic rings. The Bertz CT molecular complexity index is 383. The van der Waals surface area contributed by atoms with Gasteiger partial charge in [0.15, 0.2) is 0 Å².